The Morgan fingerprint density at radius 3 is 3.00 bits per heavy atom. The second-order valence-corrected chi connectivity index (χ2v) is 2.51. The molecule has 0 aliphatic rings. The van der Waals surface area contributed by atoms with Gasteiger partial charge in [0.2, 0.25) is 6.86 Å². The standard InChI is InChI=1S/C6H5BrFNO/c7-5-1-6(10-4-8)3-9-2-5/h1-3H,4H2. The van der Waals surface area contributed by atoms with E-state index in [1.807, 2.05) is 0 Å². The third-order valence-corrected chi connectivity index (χ3v) is 1.33. The summed E-state index contributed by atoms with van der Waals surface area (Å²) in [6, 6.07) is 1.65. The molecule has 0 fully saturated rings. The van der Waals surface area contributed by atoms with Crippen LogP contribution in [0, 0.1) is 0 Å². The van der Waals surface area contributed by atoms with Crippen LogP contribution in [0.1, 0.15) is 0 Å². The first-order valence-corrected chi connectivity index (χ1v) is 3.41. The first kappa shape index (κ1) is 7.47. The van der Waals surface area contributed by atoms with Gasteiger partial charge in [0.25, 0.3) is 0 Å². The third kappa shape index (κ3) is 1.95. The van der Waals surface area contributed by atoms with Gasteiger partial charge >= 0.3 is 0 Å². The largest absolute Gasteiger partial charge is 0.461 e. The number of alkyl halides is 1. The van der Waals surface area contributed by atoms with E-state index < -0.39 is 6.86 Å². The van der Waals surface area contributed by atoms with Crippen molar-refractivity contribution < 1.29 is 9.13 Å². The predicted octanol–water partition coefficient (Wildman–Crippen LogP) is 2.15. The summed E-state index contributed by atoms with van der Waals surface area (Å²) < 4.78 is 16.8. The molecule has 0 aliphatic heterocycles. The van der Waals surface area contributed by atoms with Gasteiger partial charge in [-0.1, -0.05) is 0 Å². The van der Waals surface area contributed by atoms with Gasteiger partial charge in [0.1, 0.15) is 5.75 Å². The minimum atomic E-state index is -0.821. The normalized spacial score (nSPS) is 9.40. The summed E-state index contributed by atoms with van der Waals surface area (Å²) in [5.41, 5.74) is 0. The van der Waals surface area contributed by atoms with E-state index >= 15 is 0 Å². The molecule has 54 valence electrons. The highest BCUT2D eigenvalue weighted by atomic mass is 79.9. The fraction of sp³-hybridized carbons (Fsp3) is 0.167. The average molecular weight is 206 g/mol. The van der Waals surface area contributed by atoms with Crippen molar-refractivity contribution in [3.63, 3.8) is 0 Å². The van der Waals surface area contributed by atoms with Crippen LogP contribution in [0.25, 0.3) is 0 Å². The molecule has 1 aromatic heterocycles. The molecule has 0 amide bonds. The fourth-order valence-corrected chi connectivity index (χ4v) is 0.878. The molecule has 1 heterocycles. The number of hydrogen-bond donors (Lipinski definition) is 0. The van der Waals surface area contributed by atoms with Crippen molar-refractivity contribution in [1.82, 2.24) is 4.98 Å². The summed E-state index contributed by atoms with van der Waals surface area (Å²) in [6.45, 7) is -0.821. The molecule has 0 unspecified atom stereocenters. The van der Waals surface area contributed by atoms with Crippen LogP contribution in [0.5, 0.6) is 5.75 Å². The zero-order valence-corrected chi connectivity index (χ0v) is 6.64. The number of pyridine rings is 1. The Labute approximate surface area is 66.2 Å². The Kier molecular flexibility index (Phi) is 2.62. The van der Waals surface area contributed by atoms with Crippen molar-refractivity contribution in [1.29, 1.82) is 0 Å². The van der Waals surface area contributed by atoms with Crippen molar-refractivity contribution in [3.8, 4) is 5.75 Å². The molecule has 0 saturated carbocycles. The number of aromatic nitrogens is 1. The van der Waals surface area contributed by atoms with E-state index in [0.717, 1.165) is 4.47 Å². The third-order valence-electron chi connectivity index (χ3n) is 0.901. The van der Waals surface area contributed by atoms with E-state index in [0.29, 0.717) is 5.75 Å². The second kappa shape index (κ2) is 3.51. The van der Waals surface area contributed by atoms with Crippen molar-refractivity contribution in [2.45, 2.75) is 0 Å². The summed E-state index contributed by atoms with van der Waals surface area (Å²) in [5.74, 6) is 0.428. The monoisotopic (exact) mass is 205 g/mol. The highest BCUT2D eigenvalue weighted by Gasteiger charge is 1.92. The average Bonchev–Trinajstić information content (AvgIpc) is 1.88. The van der Waals surface area contributed by atoms with Crippen LogP contribution in [-0.4, -0.2) is 11.8 Å². The maximum Gasteiger partial charge on any atom is 0.228 e. The number of nitrogens with zero attached hydrogens (tertiary/aromatic N) is 1. The topological polar surface area (TPSA) is 22.1 Å². The van der Waals surface area contributed by atoms with Crippen molar-refractivity contribution in [2.24, 2.45) is 0 Å². The maximum absolute atomic E-state index is 11.5. The molecule has 0 saturated heterocycles. The van der Waals surface area contributed by atoms with Crippen LogP contribution in [0.3, 0.4) is 0 Å². The molecule has 10 heavy (non-hydrogen) atoms. The second-order valence-electron chi connectivity index (χ2n) is 1.59. The molecule has 0 atom stereocenters. The Morgan fingerprint density at radius 2 is 2.40 bits per heavy atom. The quantitative estimate of drug-likeness (QED) is 0.739. The smallest absolute Gasteiger partial charge is 0.228 e. The fourth-order valence-electron chi connectivity index (χ4n) is 0.534. The van der Waals surface area contributed by atoms with Crippen molar-refractivity contribution in [2.75, 3.05) is 6.86 Å². The van der Waals surface area contributed by atoms with Gasteiger partial charge in [0, 0.05) is 10.7 Å². The summed E-state index contributed by atoms with van der Waals surface area (Å²) in [6.07, 6.45) is 3.05. The van der Waals surface area contributed by atoms with Gasteiger partial charge in [-0.2, -0.15) is 0 Å². The summed E-state index contributed by atoms with van der Waals surface area (Å²) in [5, 5.41) is 0. The van der Waals surface area contributed by atoms with Crippen molar-refractivity contribution in [3.05, 3.63) is 22.9 Å². The zero-order chi connectivity index (χ0) is 7.40. The van der Waals surface area contributed by atoms with Crippen LogP contribution in [0.2, 0.25) is 0 Å². The Morgan fingerprint density at radius 1 is 1.60 bits per heavy atom. The van der Waals surface area contributed by atoms with Gasteiger partial charge < -0.3 is 4.74 Å². The van der Waals surface area contributed by atoms with Crippen LogP contribution >= 0.6 is 15.9 Å². The van der Waals surface area contributed by atoms with E-state index in [-0.39, 0.29) is 0 Å². The summed E-state index contributed by atoms with van der Waals surface area (Å²) >= 11 is 3.17. The Balaban J connectivity index is 2.75. The molecule has 4 heteroatoms. The summed E-state index contributed by atoms with van der Waals surface area (Å²) in [4.78, 5) is 3.76. The number of halogens is 2. The van der Waals surface area contributed by atoms with E-state index in [1.165, 1.54) is 6.20 Å². The SMILES string of the molecule is FCOc1cncc(Br)c1. The van der Waals surface area contributed by atoms with Gasteiger partial charge in [0.15, 0.2) is 0 Å². The van der Waals surface area contributed by atoms with Crippen LogP contribution < -0.4 is 4.74 Å². The molecule has 0 bridgehead atoms. The molecule has 0 radical (unpaired) electrons. The van der Waals surface area contributed by atoms with E-state index in [1.54, 1.807) is 12.3 Å². The lowest BCUT2D eigenvalue weighted by atomic mass is 10.5. The number of ether oxygens (including phenoxy) is 1. The van der Waals surface area contributed by atoms with Gasteiger partial charge in [0.05, 0.1) is 6.20 Å². The van der Waals surface area contributed by atoms with Crippen LogP contribution in [0.15, 0.2) is 22.9 Å². The van der Waals surface area contributed by atoms with Crippen LogP contribution in [0.4, 0.5) is 4.39 Å². The molecule has 0 N–H and O–H groups in total. The number of rotatable bonds is 2. The predicted molar refractivity (Wildman–Crippen MR) is 38.5 cm³/mol. The molecule has 0 spiro atoms. The molecule has 1 rings (SSSR count). The van der Waals surface area contributed by atoms with Crippen LogP contribution in [-0.2, 0) is 0 Å². The molecular formula is C6H5BrFNO. The van der Waals surface area contributed by atoms with Gasteiger partial charge in [-0.05, 0) is 22.0 Å². The molecule has 0 aliphatic carbocycles. The molecule has 1 aromatic rings. The van der Waals surface area contributed by atoms with Gasteiger partial charge in [-0.25, -0.2) is 4.39 Å². The lowest BCUT2D eigenvalue weighted by Crippen LogP contribution is -1.89. The lowest BCUT2D eigenvalue weighted by molar-refractivity contribution is 0.191. The minimum Gasteiger partial charge on any atom is -0.461 e. The summed E-state index contributed by atoms with van der Waals surface area (Å²) in [7, 11) is 0. The first-order chi connectivity index (χ1) is 4.83. The van der Waals surface area contributed by atoms with E-state index in [9.17, 15) is 4.39 Å². The Hall–Kier alpha value is -0.640. The van der Waals surface area contributed by atoms with Gasteiger partial charge in [-0.15, -0.1) is 0 Å². The highest BCUT2D eigenvalue weighted by Crippen LogP contribution is 2.15. The van der Waals surface area contributed by atoms with E-state index in [4.69, 9.17) is 0 Å². The molecular weight excluding hydrogens is 201 g/mol. The van der Waals surface area contributed by atoms with E-state index in [2.05, 4.69) is 25.7 Å². The molecule has 2 nitrogen and oxygen atoms in total. The minimum absolute atomic E-state index is 0.428. The number of hydrogen-bond acceptors (Lipinski definition) is 2. The maximum atomic E-state index is 11.5. The zero-order valence-electron chi connectivity index (χ0n) is 5.05. The van der Waals surface area contributed by atoms with Crippen molar-refractivity contribution >= 4 is 15.9 Å². The first-order valence-electron chi connectivity index (χ1n) is 2.62. The lowest BCUT2D eigenvalue weighted by Gasteiger charge is -1.98. The van der Waals surface area contributed by atoms with Gasteiger partial charge in [-0.3, -0.25) is 4.98 Å². The molecule has 0 aromatic carbocycles. The highest BCUT2D eigenvalue weighted by molar-refractivity contribution is 9.10. The Bertz CT molecular complexity index is 219.